The number of rotatable bonds is 10. The van der Waals surface area contributed by atoms with Gasteiger partial charge in [-0.1, -0.05) is 93.9 Å². The number of hydrogen-bond acceptors (Lipinski definition) is 7. The van der Waals surface area contributed by atoms with Crippen molar-refractivity contribution < 1.29 is 14.3 Å². The van der Waals surface area contributed by atoms with Crippen molar-refractivity contribution in [3.63, 3.8) is 0 Å². The number of hydrogen-bond donors (Lipinski definition) is 2. The number of methoxy groups -OCH3 is 1. The van der Waals surface area contributed by atoms with E-state index >= 15 is 0 Å². The maximum atomic E-state index is 13.9. The predicted molar refractivity (Wildman–Crippen MR) is 182 cm³/mol. The lowest BCUT2D eigenvalue weighted by atomic mass is 9.94. The van der Waals surface area contributed by atoms with Gasteiger partial charge in [-0.25, -0.2) is 4.68 Å². The van der Waals surface area contributed by atoms with Crippen LogP contribution in [-0.4, -0.2) is 27.8 Å². The van der Waals surface area contributed by atoms with E-state index in [4.69, 9.17) is 31.2 Å². The summed E-state index contributed by atoms with van der Waals surface area (Å²) in [5.74, 6) is 2.00. The first-order chi connectivity index (χ1) is 21.9. The highest BCUT2D eigenvalue weighted by Crippen LogP contribution is 2.40. The normalized spacial score (nSPS) is 14.0. The SMILES string of the molecule is COc1cc(C2C(C(=O)Nc3ccccc3)=C(C)Nc3nc(SCc4ccccc4Cl)nn32)ccc1OCc1ccc(Br)cc1. The summed E-state index contributed by atoms with van der Waals surface area (Å²) in [6, 6.07) is 30.1. The molecule has 228 valence electrons. The van der Waals surface area contributed by atoms with Crippen molar-refractivity contribution in [2.45, 2.75) is 30.5 Å². The summed E-state index contributed by atoms with van der Waals surface area (Å²) >= 11 is 11.3. The third-order valence-corrected chi connectivity index (χ3v) is 9.02. The van der Waals surface area contributed by atoms with E-state index in [-0.39, 0.29) is 5.91 Å². The molecular formula is C34H29BrClN5O3S. The molecule has 2 heterocycles. The number of para-hydroxylation sites is 1. The zero-order chi connectivity index (χ0) is 31.3. The Hall–Kier alpha value is -4.25. The maximum Gasteiger partial charge on any atom is 0.255 e. The highest BCUT2D eigenvalue weighted by Gasteiger charge is 2.35. The first-order valence-electron chi connectivity index (χ1n) is 14.1. The lowest BCUT2D eigenvalue weighted by Crippen LogP contribution is -2.31. The Bertz CT molecular complexity index is 1860. The van der Waals surface area contributed by atoms with E-state index in [0.717, 1.165) is 21.2 Å². The zero-order valence-corrected chi connectivity index (χ0v) is 27.6. The standard InChI is InChI=1S/C34H29BrClN5O3S/c1-21-30(32(42)38-26-9-4-3-5-10-26)31(41-33(37-21)39-34(40-41)45-20-24-8-6-7-11-27(24)36)23-14-17-28(29(18-23)43-2)44-19-22-12-15-25(35)16-13-22/h3-18,31H,19-20H2,1-2H3,(H,38,42)(H,37,39,40). The molecule has 5 aromatic rings. The van der Waals surface area contributed by atoms with E-state index in [1.165, 1.54) is 11.8 Å². The molecule has 1 atom stereocenters. The molecule has 1 aliphatic heterocycles. The molecule has 45 heavy (non-hydrogen) atoms. The molecule has 1 unspecified atom stereocenters. The molecule has 4 aromatic carbocycles. The van der Waals surface area contributed by atoms with Gasteiger partial charge in [-0.05, 0) is 66.1 Å². The first-order valence-corrected chi connectivity index (χ1v) is 16.3. The fourth-order valence-electron chi connectivity index (χ4n) is 4.99. The highest BCUT2D eigenvalue weighted by molar-refractivity contribution is 9.10. The van der Waals surface area contributed by atoms with Crippen molar-refractivity contribution in [3.05, 3.63) is 135 Å². The molecule has 6 rings (SSSR count). The molecule has 0 fully saturated rings. The molecule has 0 aliphatic carbocycles. The Labute approximate surface area is 278 Å². The van der Waals surface area contributed by atoms with Crippen LogP contribution in [0.3, 0.4) is 0 Å². The van der Waals surface area contributed by atoms with Gasteiger partial charge in [-0.15, -0.1) is 5.10 Å². The lowest BCUT2D eigenvalue weighted by molar-refractivity contribution is -0.113. The van der Waals surface area contributed by atoms with Gasteiger partial charge < -0.3 is 20.1 Å². The summed E-state index contributed by atoms with van der Waals surface area (Å²) in [6.45, 7) is 2.24. The van der Waals surface area contributed by atoms with Crippen molar-refractivity contribution in [2.75, 3.05) is 17.7 Å². The van der Waals surface area contributed by atoms with E-state index in [0.29, 0.717) is 56.9 Å². The van der Waals surface area contributed by atoms with E-state index in [2.05, 4.69) is 26.6 Å². The molecule has 0 spiro atoms. The van der Waals surface area contributed by atoms with Crippen LogP contribution in [0.15, 0.2) is 118 Å². The van der Waals surface area contributed by atoms with Gasteiger partial charge in [0.25, 0.3) is 5.91 Å². The van der Waals surface area contributed by atoms with Crippen LogP contribution < -0.4 is 20.1 Å². The molecule has 11 heteroatoms. The largest absolute Gasteiger partial charge is 0.493 e. The molecule has 2 N–H and O–H groups in total. The van der Waals surface area contributed by atoms with Crippen LogP contribution in [0.25, 0.3) is 0 Å². The van der Waals surface area contributed by atoms with Gasteiger partial charge in [0.2, 0.25) is 11.1 Å². The van der Waals surface area contributed by atoms with E-state index in [1.54, 1.807) is 11.8 Å². The molecule has 1 aromatic heterocycles. The topological polar surface area (TPSA) is 90.3 Å². The minimum Gasteiger partial charge on any atom is -0.493 e. The third-order valence-electron chi connectivity index (χ3n) is 7.24. The van der Waals surface area contributed by atoms with Gasteiger partial charge >= 0.3 is 0 Å². The Balaban J connectivity index is 1.34. The molecule has 0 radical (unpaired) electrons. The number of fused-ring (bicyclic) bond motifs is 1. The predicted octanol–water partition coefficient (Wildman–Crippen LogP) is 8.50. The number of aromatic nitrogens is 3. The van der Waals surface area contributed by atoms with Crippen molar-refractivity contribution in [1.29, 1.82) is 0 Å². The van der Waals surface area contributed by atoms with Gasteiger partial charge in [0.05, 0.1) is 12.7 Å². The minimum atomic E-state index is -0.596. The van der Waals surface area contributed by atoms with Crippen molar-refractivity contribution in [1.82, 2.24) is 14.8 Å². The average molecular weight is 703 g/mol. The number of nitrogens with zero attached hydrogens (tertiary/aromatic N) is 3. The van der Waals surface area contributed by atoms with E-state index in [1.807, 2.05) is 104 Å². The lowest BCUT2D eigenvalue weighted by Gasteiger charge is -2.29. The van der Waals surface area contributed by atoms with Gasteiger partial charge in [0.15, 0.2) is 11.5 Å². The minimum absolute atomic E-state index is 0.253. The molecular weight excluding hydrogens is 674 g/mol. The van der Waals surface area contributed by atoms with Crippen molar-refractivity contribution in [3.8, 4) is 11.5 Å². The highest BCUT2D eigenvalue weighted by atomic mass is 79.9. The number of amides is 1. The zero-order valence-electron chi connectivity index (χ0n) is 24.5. The van der Waals surface area contributed by atoms with Crippen molar-refractivity contribution >= 4 is 56.8 Å². The monoisotopic (exact) mass is 701 g/mol. The summed E-state index contributed by atoms with van der Waals surface area (Å²) in [5, 5.41) is 12.4. The number of allylic oxidation sites excluding steroid dienone is 1. The number of nitrogens with one attached hydrogen (secondary N) is 2. The van der Waals surface area contributed by atoms with Crippen LogP contribution >= 0.6 is 39.3 Å². The molecule has 0 saturated heterocycles. The van der Waals surface area contributed by atoms with Crippen LogP contribution in [0.4, 0.5) is 11.6 Å². The van der Waals surface area contributed by atoms with Gasteiger partial charge in [0.1, 0.15) is 12.6 Å². The van der Waals surface area contributed by atoms with Gasteiger partial charge in [0, 0.05) is 26.6 Å². The van der Waals surface area contributed by atoms with Crippen molar-refractivity contribution in [2.24, 2.45) is 0 Å². The summed E-state index contributed by atoms with van der Waals surface area (Å²) < 4.78 is 14.7. The number of anilines is 2. The number of carbonyl (C=O) groups is 1. The second kappa shape index (κ2) is 13.8. The van der Waals surface area contributed by atoms with Gasteiger partial charge in [-0.2, -0.15) is 4.98 Å². The number of carbonyl (C=O) groups excluding carboxylic acids is 1. The molecule has 1 amide bonds. The Morgan fingerprint density at radius 1 is 1.02 bits per heavy atom. The third kappa shape index (κ3) is 7.03. The Morgan fingerprint density at radius 3 is 2.53 bits per heavy atom. The molecule has 0 bridgehead atoms. The van der Waals surface area contributed by atoms with Crippen LogP contribution in [0, 0.1) is 0 Å². The average Bonchev–Trinajstić information content (AvgIpc) is 3.46. The molecule has 8 nitrogen and oxygen atoms in total. The Kier molecular flexibility index (Phi) is 9.44. The Morgan fingerprint density at radius 2 is 1.78 bits per heavy atom. The van der Waals surface area contributed by atoms with Crippen LogP contribution in [-0.2, 0) is 17.2 Å². The number of thioether (sulfide) groups is 1. The van der Waals surface area contributed by atoms with Crippen LogP contribution in [0.5, 0.6) is 11.5 Å². The number of benzene rings is 4. The summed E-state index contributed by atoms with van der Waals surface area (Å²) in [6.07, 6.45) is 0. The summed E-state index contributed by atoms with van der Waals surface area (Å²) in [7, 11) is 1.60. The second-order valence-corrected chi connectivity index (χ2v) is 12.5. The fraction of sp³-hybridized carbons (Fsp3) is 0.147. The van der Waals surface area contributed by atoms with Crippen LogP contribution in [0.1, 0.15) is 29.7 Å². The van der Waals surface area contributed by atoms with Gasteiger partial charge in [-0.3, -0.25) is 4.79 Å². The summed E-state index contributed by atoms with van der Waals surface area (Å²) in [4.78, 5) is 18.6. The quantitative estimate of drug-likeness (QED) is 0.141. The fourth-order valence-corrected chi connectivity index (χ4v) is 6.37. The summed E-state index contributed by atoms with van der Waals surface area (Å²) in [5.41, 5.74) is 4.67. The first kappa shape index (κ1) is 30.8. The van der Waals surface area contributed by atoms with E-state index < -0.39 is 6.04 Å². The smallest absolute Gasteiger partial charge is 0.255 e. The van der Waals surface area contributed by atoms with Crippen LogP contribution in [0.2, 0.25) is 5.02 Å². The second-order valence-electron chi connectivity index (χ2n) is 10.3. The number of ether oxygens (including phenoxy) is 2. The van der Waals surface area contributed by atoms with E-state index in [9.17, 15) is 4.79 Å². The molecule has 1 aliphatic rings. The maximum absolute atomic E-state index is 13.9. The number of halogens is 2. The molecule has 0 saturated carbocycles.